The lowest BCUT2D eigenvalue weighted by molar-refractivity contribution is -0.134. The maximum atomic E-state index is 13.1. The molecule has 132 valence electrons. The minimum Gasteiger partial charge on any atom is -0.321 e. The molecule has 25 heavy (non-hydrogen) atoms. The molecule has 1 N–H and O–H groups in total. The molecule has 1 saturated carbocycles. The molecule has 2 heterocycles. The van der Waals surface area contributed by atoms with Gasteiger partial charge in [0.25, 0.3) is 0 Å². The van der Waals surface area contributed by atoms with E-state index in [0.29, 0.717) is 11.7 Å². The Labute approximate surface area is 153 Å². The van der Waals surface area contributed by atoms with E-state index in [1.54, 1.807) is 0 Å². The fourth-order valence-corrected chi connectivity index (χ4v) is 4.65. The zero-order valence-electron chi connectivity index (χ0n) is 14.8. The van der Waals surface area contributed by atoms with Crippen molar-refractivity contribution in [3.63, 3.8) is 0 Å². The highest BCUT2D eigenvalue weighted by Crippen LogP contribution is 2.41. The van der Waals surface area contributed by atoms with Crippen molar-refractivity contribution in [1.82, 2.24) is 15.2 Å². The van der Waals surface area contributed by atoms with Crippen molar-refractivity contribution < 1.29 is 4.79 Å². The van der Waals surface area contributed by atoms with Gasteiger partial charge in [0.05, 0.1) is 11.1 Å². The van der Waals surface area contributed by atoms with E-state index in [1.807, 2.05) is 30.9 Å². The number of carbonyl (C=O) groups is 1. The smallest absolute Gasteiger partial charge is 0.244 e. The van der Waals surface area contributed by atoms with Gasteiger partial charge in [-0.3, -0.25) is 10.1 Å². The van der Waals surface area contributed by atoms with Crippen LogP contribution in [0.4, 0.5) is 0 Å². The summed E-state index contributed by atoms with van der Waals surface area (Å²) < 4.78 is 0. The van der Waals surface area contributed by atoms with E-state index in [4.69, 9.17) is 11.6 Å². The molecule has 2 fully saturated rings. The summed E-state index contributed by atoms with van der Waals surface area (Å²) in [5.74, 6) is 0.222. The van der Waals surface area contributed by atoms with Crippen LogP contribution in [0.15, 0.2) is 24.3 Å². The summed E-state index contributed by atoms with van der Waals surface area (Å²) in [4.78, 5) is 19.7. The van der Waals surface area contributed by atoms with Gasteiger partial charge in [0.15, 0.2) is 0 Å². The van der Waals surface area contributed by atoms with Crippen LogP contribution in [0, 0.1) is 6.92 Å². The fraction of sp³-hybridized carbons (Fsp3) is 0.500. The second-order valence-electron chi connectivity index (χ2n) is 7.30. The van der Waals surface area contributed by atoms with Gasteiger partial charge in [-0.1, -0.05) is 49.1 Å². The van der Waals surface area contributed by atoms with Crippen molar-refractivity contribution in [2.45, 2.75) is 57.7 Å². The number of nitrogens with zero attached hydrogens (tertiary/aromatic N) is 2. The van der Waals surface area contributed by atoms with E-state index < -0.39 is 5.54 Å². The van der Waals surface area contributed by atoms with Gasteiger partial charge in [-0.05, 0) is 38.3 Å². The maximum Gasteiger partial charge on any atom is 0.244 e. The van der Waals surface area contributed by atoms with E-state index >= 15 is 0 Å². The van der Waals surface area contributed by atoms with Crippen molar-refractivity contribution in [1.29, 1.82) is 0 Å². The summed E-state index contributed by atoms with van der Waals surface area (Å²) in [6.45, 7) is 4.74. The monoisotopic (exact) mass is 357 g/mol. The van der Waals surface area contributed by atoms with E-state index in [-0.39, 0.29) is 12.1 Å². The molecule has 1 spiro atoms. The normalized spacial score (nSPS) is 22.9. The second kappa shape index (κ2) is 6.26. The number of rotatable bonds is 2. The van der Waals surface area contributed by atoms with Crippen LogP contribution in [0.25, 0.3) is 10.9 Å². The van der Waals surface area contributed by atoms with Crippen LogP contribution in [0.3, 0.4) is 0 Å². The van der Waals surface area contributed by atoms with Crippen LogP contribution in [0.5, 0.6) is 0 Å². The van der Waals surface area contributed by atoms with Gasteiger partial charge in [-0.15, -0.1) is 0 Å². The standard InChI is InChI=1S/C20H24ClN3O/c1-3-24-18(23-20(19(24)25)10-5-4-6-11-20)15-12-14-9-7-8-13(2)16(14)22-17(15)21/h7-9,12,18,23H,3-6,10-11H2,1-2H3. The number of benzene rings is 1. The molecule has 1 unspecified atom stereocenters. The average Bonchev–Trinajstić information content (AvgIpc) is 2.88. The number of pyridine rings is 1. The number of aryl methyl sites for hydroxylation is 1. The lowest BCUT2D eigenvalue weighted by Crippen LogP contribution is -2.48. The number of halogens is 1. The number of hydrogen-bond acceptors (Lipinski definition) is 3. The summed E-state index contributed by atoms with van der Waals surface area (Å²) in [5.41, 5.74) is 2.52. The number of para-hydroxylation sites is 1. The van der Waals surface area contributed by atoms with E-state index in [0.717, 1.165) is 47.7 Å². The number of amides is 1. The van der Waals surface area contributed by atoms with Gasteiger partial charge in [0, 0.05) is 17.5 Å². The second-order valence-corrected chi connectivity index (χ2v) is 7.65. The molecule has 1 aliphatic carbocycles. The molecule has 1 aliphatic heterocycles. The molecule has 1 amide bonds. The maximum absolute atomic E-state index is 13.1. The molecule has 0 bridgehead atoms. The van der Waals surface area contributed by atoms with Gasteiger partial charge in [0.2, 0.25) is 5.91 Å². The molecule has 0 radical (unpaired) electrons. The number of nitrogens with one attached hydrogen (secondary N) is 1. The summed E-state index contributed by atoms with van der Waals surface area (Å²) in [6, 6.07) is 8.22. The van der Waals surface area contributed by atoms with Crippen LogP contribution in [-0.2, 0) is 4.79 Å². The Morgan fingerprint density at radius 2 is 2.08 bits per heavy atom. The molecule has 4 nitrogen and oxygen atoms in total. The van der Waals surface area contributed by atoms with Crippen LogP contribution < -0.4 is 5.32 Å². The number of fused-ring (bicyclic) bond motifs is 1. The van der Waals surface area contributed by atoms with Crippen molar-refractivity contribution in [2.24, 2.45) is 0 Å². The lowest BCUT2D eigenvalue weighted by Gasteiger charge is -2.31. The van der Waals surface area contributed by atoms with Crippen molar-refractivity contribution in [3.05, 3.63) is 40.5 Å². The number of aromatic nitrogens is 1. The Hall–Kier alpha value is -1.65. The van der Waals surface area contributed by atoms with Crippen molar-refractivity contribution in [3.8, 4) is 0 Å². The summed E-state index contributed by atoms with van der Waals surface area (Å²) in [6.07, 6.45) is 5.05. The third-order valence-electron chi connectivity index (χ3n) is 5.77. The molecule has 2 aliphatic rings. The summed E-state index contributed by atoms with van der Waals surface area (Å²) >= 11 is 6.56. The topological polar surface area (TPSA) is 45.2 Å². The summed E-state index contributed by atoms with van der Waals surface area (Å²) in [7, 11) is 0. The lowest BCUT2D eigenvalue weighted by atomic mass is 9.81. The predicted octanol–water partition coefficient (Wildman–Crippen LogP) is 4.35. The minimum absolute atomic E-state index is 0.194. The third-order valence-corrected chi connectivity index (χ3v) is 6.07. The first-order valence-electron chi connectivity index (χ1n) is 9.20. The van der Waals surface area contributed by atoms with E-state index in [1.165, 1.54) is 6.42 Å². The first kappa shape index (κ1) is 16.8. The summed E-state index contributed by atoms with van der Waals surface area (Å²) in [5, 5.41) is 5.19. The zero-order valence-corrected chi connectivity index (χ0v) is 15.6. The fourth-order valence-electron chi connectivity index (χ4n) is 4.41. The van der Waals surface area contributed by atoms with E-state index in [2.05, 4.69) is 22.4 Å². The van der Waals surface area contributed by atoms with E-state index in [9.17, 15) is 4.79 Å². The van der Waals surface area contributed by atoms with Gasteiger partial charge in [-0.25, -0.2) is 4.98 Å². The zero-order chi connectivity index (χ0) is 17.6. The van der Waals surface area contributed by atoms with Crippen LogP contribution in [0.2, 0.25) is 5.15 Å². The quantitative estimate of drug-likeness (QED) is 0.813. The molecule has 1 aromatic carbocycles. The van der Waals surface area contributed by atoms with Gasteiger partial charge >= 0.3 is 0 Å². The van der Waals surface area contributed by atoms with Gasteiger partial charge in [0.1, 0.15) is 11.3 Å². The Balaban J connectivity index is 1.79. The molecular weight excluding hydrogens is 334 g/mol. The first-order chi connectivity index (χ1) is 12.1. The molecule has 2 aromatic rings. The van der Waals surface area contributed by atoms with Crippen molar-refractivity contribution >= 4 is 28.4 Å². The Bertz CT molecular complexity index is 829. The van der Waals surface area contributed by atoms with Crippen LogP contribution in [-0.4, -0.2) is 27.9 Å². The number of hydrogen-bond donors (Lipinski definition) is 1. The molecule has 1 atom stereocenters. The average molecular weight is 358 g/mol. The van der Waals surface area contributed by atoms with Crippen molar-refractivity contribution in [2.75, 3.05) is 6.54 Å². The highest BCUT2D eigenvalue weighted by molar-refractivity contribution is 6.30. The Morgan fingerprint density at radius 3 is 2.80 bits per heavy atom. The highest BCUT2D eigenvalue weighted by Gasteiger charge is 2.51. The molecule has 4 rings (SSSR count). The van der Waals surface area contributed by atoms with Gasteiger partial charge < -0.3 is 4.90 Å². The Morgan fingerprint density at radius 1 is 1.32 bits per heavy atom. The highest BCUT2D eigenvalue weighted by atomic mass is 35.5. The first-order valence-corrected chi connectivity index (χ1v) is 9.58. The van der Waals surface area contributed by atoms with Gasteiger partial charge in [-0.2, -0.15) is 0 Å². The van der Waals surface area contributed by atoms with Crippen LogP contribution in [0.1, 0.15) is 56.3 Å². The predicted molar refractivity (Wildman–Crippen MR) is 101 cm³/mol. The SMILES string of the molecule is CCN1C(=O)C2(CCCCC2)NC1c1cc2cccc(C)c2nc1Cl. The third kappa shape index (κ3) is 2.63. The van der Waals surface area contributed by atoms with Crippen LogP contribution >= 0.6 is 11.6 Å². The number of carbonyl (C=O) groups excluding carboxylic acids is 1. The largest absolute Gasteiger partial charge is 0.321 e. The number of likely N-dealkylation sites (N-methyl/N-ethyl adjacent to an activating group) is 1. The molecular formula is C20H24ClN3O. The minimum atomic E-state index is -0.413. The molecule has 5 heteroatoms. The Kier molecular flexibility index (Phi) is 4.20. The molecule has 1 saturated heterocycles. The molecule has 1 aromatic heterocycles.